The van der Waals surface area contributed by atoms with E-state index < -0.39 is 0 Å². The Morgan fingerprint density at radius 3 is 2.79 bits per heavy atom. The van der Waals surface area contributed by atoms with Gasteiger partial charge in [-0.2, -0.15) is 5.26 Å². The van der Waals surface area contributed by atoms with Gasteiger partial charge in [0.05, 0.1) is 23.0 Å². The number of nitrogens with zero attached hydrogens (tertiary/aromatic N) is 2. The maximum absolute atomic E-state index is 8.65. The van der Waals surface area contributed by atoms with Crippen LogP contribution in [0, 0.1) is 11.3 Å². The highest BCUT2D eigenvalue weighted by molar-refractivity contribution is 6.18. The van der Waals surface area contributed by atoms with Crippen molar-refractivity contribution in [2.24, 2.45) is 0 Å². The summed E-state index contributed by atoms with van der Waals surface area (Å²) in [5.74, 6) is 0.552. The van der Waals surface area contributed by atoms with Crippen LogP contribution in [0.15, 0.2) is 18.2 Å². The molecule has 0 bridgehead atoms. The number of nitriles is 1. The second-order valence-corrected chi connectivity index (χ2v) is 3.37. The second-order valence-electron chi connectivity index (χ2n) is 3.00. The van der Waals surface area contributed by atoms with Crippen LogP contribution in [0.4, 0.5) is 11.4 Å². The van der Waals surface area contributed by atoms with Crippen molar-refractivity contribution in [2.75, 3.05) is 30.1 Å². The van der Waals surface area contributed by atoms with Gasteiger partial charge >= 0.3 is 0 Å². The number of hydrogen-bond acceptors (Lipinski definition) is 3. The van der Waals surface area contributed by atoms with Gasteiger partial charge in [0.2, 0.25) is 0 Å². The molecule has 1 aromatic rings. The zero-order chi connectivity index (χ0) is 10.6. The van der Waals surface area contributed by atoms with Gasteiger partial charge < -0.3 is 10.6 Å². The number of nitrogens with two attached hydrogens (primary N) is 1. The highest BCUT2D eigenvalue weighted by atomic mass is 35.5. The van der Waals surface area contributed by atoms with E-state index in [0.29, 0.717) is 17.1 Å². The van der Waals surface area contributed by atoms with Crippen LogP contribution in [0.1, 0.15) is 5.56 Å². The molecule has 1 rings (SSSR count). The molecular weight excluding hydrogens is 198 g/mol. The van der Waals surface area contributed by atoms with Crippen LogP contribution in [0.5, 0.6) is 0 Å². The van der Waals surface area contributed by atoms with Crippen LogP contribution in [0.25, 0.3) is 0 Å². The Balaban J connectivity index is 2.95. The molecule has 0 atom stereocenters. The third kappa shape index (κ3) is 2.30. The first-order chi connectivity index (χ1) is 6.69. The third-order valence-electron chi connectivity index (χ3n) is 1.99. The second kappa shape index (κ2) is 4.73. The Hall–Kier alpha value is -1.40. The molecule has 0 aliphatic rings. The van der Waals surface area contributed by atoms with E-state index in [1.54, 1.807) is 12.1 Å². The molecule has 0 aliphatic heterocycles. The normalized spacial score (nSPS) is 9.50. The summed E-state index contributed by atoms with van der Waals surface area (Å²) in [7, 11) is 1.92. The van der Waals surface area contributed by atoms with Crippen molar-refractivity contribution in [1.29, 1.82) is 5.26 Å². The summed E-state index contributed by atoms with van der Waals surface area (Å²) in [6, 6.07) is 7.29. The zero-order valence-corrected chi connectivity index (χ0v) is 8.75. The van der Waals surface area contributed by atoms with Crippen molar-refractivity contribution >= 4 is 23.0 Å². The summed E-state index contributed by atoms with van der Waals surface area (Å²) in [5, 5.41) is 8.65. The van der Waals surface area contributed by atoms with Crippen molar-refractivity contribution < 1.29 is 0 Å². The Labute approximate surface area is 88.7 Å². The van der Waals surface area contributed by atoms with Gasteiger partial charge in [-0.3, -0.25) is 0 Å². The molecule has 1 aromatic carbocycles. The van der Waals surface area contributed by atoms with Crippen molar-refractivity contribution in [3.63, 3.8) is 0 Å². The van der Waals surface area contributed by atoms with Crippen molar-refractivity contribution in [1.82, 2.24) is 0 Å². The van der Waals surface area contributed by atoms with E-state index in [4.69, 9.17) is 22.6 Å². The average molecular weight is 210 g/mol. The maximum Gasteiger partial charge on any atom is 0.0992 e. The number of anilines is 2. The molecule has 0 amide bonds. The number of benzene rings is 1. The number of alkyl halides is 1. The van der Waals surface area contributed by atoms with Crippen LogP contribution in [0.3, 0.4) is 0 Å². The Bertz CT molecular complexity index is 357. The van der Waals surface area contributed by atoms with Crippen LogP contribution >= 0.6 is 11.6 Å². The van der Waals surface area contributed by atoms with E-state index in [1.807, 2.05) is 24.1 Å². The molecule has 2 N–H and O–H groups in total. The van der Waals surface area contributed by atoms with Gasteiger partial charge in [0, 0.05) is 19.5 Å². The van der Waals surface area contributed by atoms with Crippen LogP contribution < -0.4 is 10.6 Å². The average Bonchev–Trinajstić information content (AvgIpc) is 2.17. The third-order valence-corrected chi connectivity index (χ3v) is 2.16. The Kier molecular flexibility index (Phi) is 3.61. The van der Waals surface area contributed by atoms with Gasteiger partial charge in [-0.15, -0.1) is 11.6 Å². The fourth-order valence-electron chi connectivity index (χ4n) is 1.22. The molecule has 74 valence electrons. The monoisotopic (exact) mass is 209 g/mol. The molecule has 0 fully saturated rings. The van der Waals surface area contributed by atoms with Gasteiger partial charge in [-0.05, 0) is 18.2 Å². The maximum atomic E-state index is 8.65. The predicted octanol–water partition coefficient (Wildman–Crippen LogP) is 1.82. The van der Waals surface area contributed by atoms with E-state index >= 15 is 0 Å². The first-order valence-corrected chi connectivity index (χ1v) is 4.79. The molecule has 0 spiro atoms. The van der Waals surface area contributed by atoms with E-state index in [-0.39, 0.29) is 0 Å². The highest BCUT2D eigenvalue weighted by Crippen LogP contribution is 2.22. The minimum Gasteiger partial charge on any atom is -0.397 e. The molecule has 0 saturated carbocycles. The molecule has 0 heterocycles. The minimum absolute atomic E-state index is 0.552. The SMILES string of the molecule is CN(CCCl)c1ccc(C#N)cc1N. The zero-order valence-electron chi connectivity index (χ0n) is 8.00. The molecule has 0 radical (unpaired) electrons. The number of nitrogen functional groups attached to an aromatic ring is 1. The van der Waals surface area contributed by atoms with E-state index in [1.165, 1.54) is 0 Å². The van der Waals surface area contributed by atoms with Gasteiger partial charge in [-0.1, -0.05) is 0 Å². The summed E-state index contributed by atoms with van der Waals surface area (Å²) in [5.41, 5.74) is 7.88. The number of rotatable bonds is 3. The Morgan fingerprint density at radius 1 is 1.57 bits per heavy atom. The van der Waals surface area contributed by atoms with E-state index in [2.05, 4.69) is 0 Å². The molecule has 0 unspecified atom stereocenters. The molecule has 0 aliphatic carbocycles. The molecule has 0 saturated heterocycles. The summed E-state index contributed by atoms with van der Waals surface area (Å²) in [4.78, 5) is 1.96. The van der Waals surface area contributed by atoms with Crippen LogP contribution in [-0.2, 0) is 0 Å². The fourth-order valence-corrected chi connectivity index (χ4v) is 1.47. The molecule has 0 aromatic heterocycles. The largest absolute Gasteiger partial charge is 0.397 e. The van der Waals surface area contributed by atoms with Gasteiger partial charge in [0.15, 0.2) is 0 Å². The quantitative estimate of drug-likeness (QED) is 0.610. The van der Waals surface area contributed by atoms with Crippen molar-refractivity contribution in [3.8, 4) is 6.07 Å². The van der Waals surface area contributed by atoms with Crippen molar-refractivity contribution in [3.05, 3.63) is 23.8 Å². The van der Waals surface area contributed by atoms with Crippen LogP contribution in [-0.4, -0.2) is 19.5 Å². The summed E-state index contributed by atoms with van der Waals surface area (Å²) >= 11 is 5.62. The predicted molar refractivity (Wildman–Crippen MR) is 59.6 cm³/mol. The highest BCUT2D eigenvalue weighted by Gasteiger charge is 2.04. The van der Waals surface area contributed by atoms with Gasteiger partial charge in [-0.25, -0.2) is 0 Å². The van der Waals surface area contributed by atoms with Gasteiger partial charge in [0.25, 0.3) is 0 Å². The lowest BCUT2D eigenvalue weighted by molar-refractivity contribution is 0.975. The number of hydrogen-bond donors (Lipinski definition) is 1. The molecule has 3 nitrogen and oxygen atoms in total. The molecular formula is C10H12ClN3. The summed E-state index contributed by atoms with van der Waals surface area (Å²) in [6.07, 6.45) is 0. The summed E-state index contributed by atoms with van der Waals surface area (Å²) in [6.45, 7) is 0.734. The lowest BCUT2D eigenvalue weighted by atomic mass is 10.2. The first kappa shape index (κ1) is 10.7. The van der Waals surface area contributed by atoms with Crippen LogP contribution in [0.2, 0.25) is 0 Å². The summed E-state index contributed by atoms with van der Waals surface area (Å²) < 4.78 is 0. The topological polar surface area (TPSA) is 53.0 Å². The van der Waals surface area contributed by atoms with Gasteiger partial charge in [0.1, 0.15) is 0 Å². The van der Waals surface area contributed by atoms with E-state index in [9.17, 15) is 0 Å². The van der Waals surface area contributed by atoms with E-state index in [0.717, 1.165) is 12.2 Å². The van der Waals surface area contributed by atoms with Crippen molar-refractivity contribution in [2.45, 2.75) is 0 Å². The lowest BCUT2D eigenvalue weighted by Gasteiger charge is -2.19. The minimum atomic E-state index is 0.552. The lowest BCUT2D eigenvalue weighted by Crippen LogP contribution is -2.20. The standard InChI is InChI=1S/C10H12ClN3/c1-14(5-4-11)10-3-2-8(7-12)6-9(10)13/h2-3,6H,4-5,13H2,1H3. The first-order valence-electron chi connectivity index (χ1n) is 4.25. The number of halogens is 1. The molecule has 4 heteroatoms. The molecule has 14 heavy (non-hydrogen) atoms. The fraction of sp³-hybridized carbons (Fsp3) is 0.300. The smallest absolute Gasteiger partial charge is 0.0992 e. The Morgan fingerprint density at radius 2 is 2.29 bits per heavy atom.